The van der Waals surface area contributed by atoms with Gasteiger partial charge in [0.05, 0.1) is 6.54 Å². The zero-order valence-corrected chi connectivity index (χ0v) is 10.5. The molecule has 0 fully saturated rings. The number of amides is 1. The second-order valence-electron chi connectivity index (χ2n) is 3.58. The molecule has 0 heterocycles. The Labute approximate surface area is 101 Å². The lowest BCUT2D eigenvalue weighted by atomic mass is 10.4. The summed E-state index contributed by atoms with van der Waals surface area (Å²) in [4.78, 5) is 12.5. The zero-order chi connectivity index (χ0) is 11.8. The molecule has 0 aliphatic rings. The molecule has 1 rings (SSSR count). The maximum absolute atomic E-state index is 11.2. The molecule has 0 radical (unpaired) electrons. The molecule has 3 nitrogen and oxygen atoms in total. The van der Waals surface area contributed by atoms with E-state index in [1.807, 2.05) is 18.2 Å². The highest BCUT2D eigenvalue weighted by Gasteiger charge is 2.05. The second kappa shape index (κ2) is 7.30. The monoisotopic (exact) mass is 238 g/mol. The van der Waals surface area contributed by atoms with Crippen molar-refractivity contribution in [3.8, 4) is 0 Å². The number of rotatable bonds is 6. The van der Waals surface area contributed by atoms with Gasteiger partial charge in [0, 0.05) is 16.7 Å². The molecule has 0 bridgehead atoms. The molecule has 88 valence electrons. The number of thioether (sulfide) groups is 1. The standard InChI is InChI=1S/C12H18N2OS/c1-10(8-14-12(15)9-13-2)16-11-6-4-3-5-7-11/h3-7,10,13H,8-9H2,1-2H3,(H,14,15). The van der Waals surface area contributed by atoms with Crippen molar-refractivity contribution >= 4 is 17.7 Å². The van der Waals surface area contributed by atoms with Crippen LogP contribution in [-0.4, -0.2) is 31.3 Å². The van der Waals surface area contributed by atoms with Gasteiger partial charge in [-0.2, -0.15) is 0 Å². The van der Waals surface area contributed by atoms with Crippen molar-refractivity contribution in [3.63, 3.8) is 0 Å². The van der Waals surface area contributed by atoms with Crippen LogP contribution in [0.1, 0.15) is 6.92 Å². The third-order valence-electron chi connectivity index (χ3n) is 2.00. The number of carbonyl (C=O) groups excluding carboxylic acids is 1. The lowest BCUT2D eigenvalue weighted by molar-refractivity contribution is -0.120. The average Bonchev–Trinajstić information content (AvgIpc) is 2.28. The number of carbonyl (C=O) groups is 1. The number of likely N-dealkylation sites (N-methyl/N-ethyl adjacent to an activating group) is 1. The Balaban J connectivity index is 2.26. The minimum absolute atomic E-state index is 0.0445. The van der Waals surface area contributed by atoms with Gasteiger partial charge in [0.15, 0.2) is 0 Å². The van der Waals surface area contributed by atoms with Gasteiger partial charge in [0.2, 0.25) is 5.91 Å². The Morgan fingerprint density at radius 2 is 2.06 bits per heavy atom. The SMILES string of the molecule is CNCC(=O)NCC(C)Sc1ccccc1. The molecule has 0 aliphatic heterocycles. The highest BCUT2D eigenvalue weighted by Crippen LogP contribution is 2.21. The summed E-state index contributed by atoms with van der Waals surface area (Å²) in [6.45, 7) is 3.18. The fraction of sp³-hybridized carbons (Fsp3) is 0.417. The van der Waals surface area contributed by atoms with Gasteiger partial charge in [-0.1, -0.05) is 25.1 Å². The Hall–Kier alpha value is -1.00. The fourth-order valence-electron chi connectivity index (χ4n) is 1.25. The highest BCUT2D eigenvalue weighted by molar-refractivity contribution is 8.00. The summed E-state index contributed by atoms with van der Waals surface area (Å²) >= 11 is 1.77. The van der Waals surface area contributed by atoms with Crippen molar-refractivity contribution in [1.29, 1.82) is 0 Å². The van der Waals surface area contributed by atoms with Crippen LogP contribution in [0.5, 0.6) is 0 Å². The topological polar surface area (TPSA) is 41.1 Å². The second-order valence-corrected chi connectivity index (χ2v) is 5.09. The quantitative estimate of drug-likeness (QED) is 0.738. The van der Waals surface area contributed by atoms with Crippen molar-refractivity contribution in [3.05, 3.63) is 30.3 Å². The predicted molar refractivity (Wildman–Crippen MR) is 68.7 cm³/mol. The van der Waals surface area contributed by atoms with Crippen LogP contribution in [-0.2, 0) is 4.79 Å². The lowest BCUT2D eigenvalue weighted by Gasteiger charge is -2.12. The highest BCUT2D eigenvalue weighted by atomic mass is 32.2. The molecule has 1 atom stereocenters. The molecule has 0 spiro atoms. The Morgan fingerprint density at radius 1 is 1.38 bits per heavy atom. The smallest absolute Gasteiger partial charge is 0.233 e. The summed E-state index contributed by atoms with van der Waals surface area (Å²) in [5.74, 6) is 0.0445. The van der Waals surface area contributed by atoms with Crippen LogP contribution >= 0.6 is 11.8 Å². The van der Waals surface area contributed by atoms with Crippen molar-refractivity contribution in [2.24, 2.45) is 0 Å². The largest absolute Gasteiger partial charge is 0.354 e. The first kappa shape index (κ1) is 13.1. The van der Waals surface area contributed by atoms with Crippen LogP contribution in [0.3, 0.4) is 0 Å². The molecular weight excluding hydrogens is 220 g/mol. The summed E-state index contributed by atoms with van der Waals surface area (Å²) in [6, 6.07) is 10.2. The number of nitrogens with one attached hydrogen (secondary N) is 2. The van der Waals surface area contributed by atoms with E-state index in [-0.39, 0.29) is 5.91 Å². The van der Waals surface area contributed by atoms with Gasteiger partial charge in [0.25, 0.3) is 0 Å². The van der Waals surface area contributed by atoms with Gasteiger partial charge >= 0.3 is 0 Å². The van der Waals surface area contributed by atoms with E-state index in [9.17, 15) is 4.79 Å². The summed E-state index contributed by atoms with van der Waals surface area (Å²) < 4.78 is 0. The summed E-state index contributed by atoms with van der Waals surface area (Å²) in [5, 5.41) is 6.08. The van der Waals surface area contributed by atoms with E-state index in [0.29, 0.717) is 18.3 Å². The Kier molecular flexibility index (Phi) is 5.96. The normalized spacial score (nSPS) is 12.1. The first-order valence-corrected chi connectivity index (χ1v) is 6.23. The minimum Gasteiger partial charge on any atom is -0.354 e. The third kappa shape index (κ3) is 5.19. The van der Waals surface area contributed by atoms with Gasteiger partial charge in [-0.25, -0.2) is 0 Å². The van der Waals surface area contributed by atoms with Gasteiger partial charge in [-0.05, 0) is 19.2 Å². The van der Waals surface area contributed by atoms with Crippen LogP contribution < -0.4 is 10.6 Å². The average molecular weight is 238 g/mol. The summed E-state index contributed by atoms with van der Waals surface area (Å²) in [5.41, 5.74) is 0. The van der Waals surface area contributed by atoms with E-state index in [0.717, 1.165) is 0 Å². The van der Waals surface area contributed by atoms with Crippen LogP contribution in [0.25, 0.3) is 0 Å². The molecule has 4 heteroatoms. The van der Waals surface area contributed by atoms with Gasteiger partial charge in [-0.3, -0.25) is 4.79 Å². The first-order chi connectivity index (χ1) is 7.72. The van der Waals surface area contributed by atoms with Gasteiger partial charge in [-0.15, -0.1) is 11.8 Å². The lowest BCUT2D eigenvalue weighted by Crippen LogP contribution is -2.35. The number of benzene rings is 1. The Morgan fingerprint density at radius 3 is 2.69 bits per heavy atom. The molecule has 2 N–H and O–H groups in total. The number of hydrogen-bond acceptors (Lipinski definition) is 3. The molecule has 0 saturated heterocycles. The van der Waals surface area contributed by atoms with E-state index in [2.05, 4.69) is 29.7 Å². The van der Waals surface area contributed by atoms with E-state index in [1.165, 1.54) is 4.90 Å². The van der Waals surface area contributed by atoms with E-state index in [4.69, 9.17) is 0 Å². The molecule has 0 saturated carbocycles. The van der Waals surface area contributed by atoms with Crippen LogP contribution in [0.4, 0.5) is 0 Å². The fourth-order valence-corrected chi connectivity index (χ4v) is 2.20. The molecular formula is C12H18N2OS. The van der Waals surface area contributed by atoms with E-state index >= 15 is 0 Å². The molecule has 1 aromatic carbocycles. The summed E-state index contributed by atoms with van der Waals surface area (Å²) in [7, 11) is 1.77. The van der Waals surface area contributed by atoms with Gasteiger partial charge < -0.3 is 10.6 Å². The molecule has 1 amide bonds. The van der Waals surface area contributed by atoms with Crippen LogP contribution in [0.2, 0.25) is 0 Å². The van der Waals surface area contributed by atoms with Crippen LogP contribution in [0.15, 0.2) is 35.2 Å². The maximum Gasteiger partial charge on any atom is 0.233 e. The van der Waals surface area contributed by atoms with Crippen molar-refractivity contribution in [2.75, 3.05) is 20.1 Å². The molecule has 1 aromatic rings. The van der Waals surface area contributed by atoms with Crippen molar-refractivity contribution in [1.82, 2.24) is 10.6 Å². The summed E-state index contributed by atoms with van der Waals surface area (Å²) in [6.07, 6.45) is 0. The van der Waals surface area contributed by atoms with Crippen LogP contribution in [0, 0.1) is 0 Å². The molecule has 16 heavy (non-hydrogen) atoms. The van der Waals surface area contributed by atoms with Crippen molar-refractivity contribution in [2.45, 2.75) is 17.1 Å². The molecule has 1 unspecified atom stereocenters. The van der Waals surface area contributed by atoms with E-state index < -0.39 is 0 Å². The maximum atomic E-state index is 11.2. The third-order valence-corrected chi connectivity index (χ3v) is 3.12. The Bertz CT molecular complexity index is 316. The minimum atomic E-state index is 0.0445. The predicted octanol–water partition coefficient (Wildman–Crippen LogP) is 1.50. The van der Waals surface area contributed by atoms with Gasteiger partial charge in [0.1, 0.15) is 0 Å². The molecule has 0 aromatic heterocycles. The first-order valence-electron chi connectivity index (χ1n) is 5.35. The zero-order valence-electron chi connectivity index (χ0n) is 9.69. The molecule has 0 aliphatic carbocycles. The van der Waals surface area contributed by atoms with E-state index in [1.54, 1.807) is 18.8 Å². The van der Waals surface area contributed by atoms with Crippen molar-refractivity contribution < 1.29 is 4.79 Å². The number of hydrogen-bond donors (Lipinski definition) is 2.